The van der Waals surface area contributed by atoms with Crippen LogP contribution in [0.3, 0.4) is 0 Å². The molecule has 19 heteroatoms. The SMILES string of the molecule is CC1CN(c2nc(=O)n3c4c(c(-c5cc(Cl)c(F)cc5F)c(Cl)cc24)SC[C@@H]3CN2CCn3c(nnc3C(F)(F)F)C2)C(C)CN1C(=O)OC(C)(C)C. The number of carbonyl (C=O) groups excluding carboxylic acids is 1. The van der Waals surface area contributed by atoms with Gasteiger partial charge in [-0.2, -0.15) is 18.2 Å². The second kappa shape index (κ2) is 13.6. The number of hydrogen-bond acceptors (Lipinski definition) is 9. The average Bonchev–Trinajstić information content (AvgIpc) is 3.49. The first kappa shape index (κ1) is 37.6. The van der Waals surface area contributed by atoms with E-state index in [0.717, 1.165) is 10.6 Å². The zero-order valence-corrected chi connectivity index (χ0v) is 31.6. The summed E-state index contributed by atoms with van der Waals surface area (Å²) >= 11 is 14.4. The van der Waals surface area contributed by atoms with Gasteiger partial charge in [-0.05, 0) is 46.8 Å². The predicted molar refractivity (Wildman–Crippen MR) is 191 cm³/mol. The van der Waals surface area contributed by atoms with Crippen LogP contribution in [0.5, 0.6) is 0 Å². The largest absolute Gasteiger partial charge is 0.451 e. The van der Waals surface area contributed by atoms with Crippen LogP contribution in [-0.4, -0.2) is 89.8 Å². The molecule has 11 nitrogen and oxygen atoms in total. The van der Waals surface area contributed by atoms with E-state index in [1.54, 1.807) is 31.7 Å². The minimum absolute atomic E-state index is 0.00479. The summed E-state index contributed by atoms with van der Waals surface area (Å²) in [5, 5.41) is 7.46. The van der Waals surface area contributed by atoms with Crippen LogP contribution in [0.2, 0.25) is 10.0 Å². The topological polar surface area (TPSA) is 102 Å². The molecule has 7 rings (SSSR count). The van der Waals surface area contributed by atoms with E-state index in [-0.39, 0.29) is 71.8 Å². The summed E-state index contributed by atoms with van der Waals surface area (Å²) < 4.78 is 78.5. The van der Waals surface area contributed by atoms with Crippen molar-refractivity contribution in [3.05, 3.63) is 62.0 Å². The first-order chi connectivity index (χ1) is 24.8. The lowest BCUT2D eigenvalue weighted by atomic mass is 10.0. The van der Waals surface area contributed by atoms with E-state index in [9.17, 15) is 27.2 Å². The summed E-state index contributed by atoms with van der Waals surface area (Å²) in [7, 11) is 0. The smallest absolute Gasteiger partial charge is 0.444 e. The third kappa shape index (κ3) is 6.93. The van der Waals surface area contributed by atoms with Gasteiger partial charge in [0, 0.05) is 78.0 Å². The molecule has 4 aromatic rings. The Morgan fingerprint density at radius 3 is 2.43 bits per heavy atom. The van der Waals surface area contributed by atoms with Gasteiger partial charge < -0.3 is 19.1 Å². The molecule has 1 fully saturated rings. The van der Waals surface area contributed by atoms with E-state index >= 15 is 4.39 Å². The number of benzene rings is 2. The molecular weight excluding hydrogens is 766 g/mol. The van der Waals surface area contributed by atoms with Gasteiger partial charge in [0.25, 0.3) is 0 Å². The van der Waals surface area contributed by atoms with E-state index in [0.29, 0.717) is 40.0 Å². The average molecular weight is 802 g/mol. The summed E-state index contributed by atoms with van der Waals surface area (Å²) in [5.74, 6) is -2.12. The standard InChI is InChI=1S/C34H35Cl2F5N8O3S/c1-16-12-48(32(51)52-33(3,4)5)17(2)11-47(16)29-20-9-22(36)26(19-8-21(35)24(38)10-23(19)37)28-27(20)49(31(50)42-29)18(15-53-28)13-45-6-7-46-25(14-45)43-44-30(46)34(39,40)41/h8-10,16-18H,6-7,11-15H2,1-5H3/t16?,17?,18-/m0/s1. The van der Waals surface area contributed by atoms with E-state index in [1.165, 1.54) is 16.3 Å². The molecule has 5 heterocycles. The second-order valence-corrected chi connectivity index (χ2v) is 16.4. The van der Waals surface area contributed by atoms with Crippen molar-refractivity contribution in [1.29, 1.82) is 0 Å². The van der Waals surface area contributed by atoms with Crippen molar-refractivity contribution >= 4 is 57.8 Å². The Hall–Kier alpha value is -3.67. The molecule has 1 amide bonds. The summed E-state index contributed by atoms with van der Waals surface area (Å²) in [6.45, 7) is 10.3. The Kier molecular flexibility index (Phi) is 9.63. The monoisotopic (exact) mass is 800 g/mol. The zero-order valence-electron chi connectivity index (χ0n) is 29.3. The van der Waals surface area contributed by atoms with Gasteiger partial charge >= 0.3 is 18.0 Å². The number of halogens is 7. The lowest BCUT2D eigenvalue weighted by Crippen LogP contribution is -2.59. The van der Waals surface area contributed by atoms with Gasteiger partial charge in [0.15, 0.2) is 0 Å². The van der Waals surface area contributed by atoms with Crippen molar-refractivity contribution in [1.82, 2.24) is 34.1 Å². The molecule has 3 aliphatic heterocycles. The number of rotatable bonds is 4. The molecule has 0 bridgehead atoms. The van der Waals surface area contributed by atoms with Crippen LogP contribution in [0.1, 0.15) is 52.3 Å². The van der Waals surface area contributed by atoms with Gasteiger partial charge in [0.1, 0.15) is 28.9 Å². The Bertz CT molecular complexity index is 2190. The molecular formula is C34H35Cl2F5N8O3S. The quantitative estimate of drug-likeness (QED) is 0.156. The third-order valence-electron chi connectivity index (χ3n) is 9.60. The normalized spacial score (nSPS) is 20.9. The van der Waals surface area contributed by atoms with Crippen LogP contribution in [-0.2, 0) is 24.0 Å². The number of amides is 1. The van der Waals surface area contributed by atoms with E-state index in [2.05, 4.69) is 15.2 Å². The summed E-state index contributed by atoms with van der Waals surface area (Å²) in [6, 6.07) is 2.27. The van der Waals surface area contributed by atoms with Crippen LogP contribution in [0, 0.1) is 11.6 Å². The molecule has 3 aliphatic rings. The van der Waals surface area contributed by atoms with Crippen molar-refractivity contribution in [2.75, 3.05) is 36.8 Å². The van der Waals surface area contributed by atoms with Gasteiger partial charge in [0.05, 0.1) is 28.1 Å². The first-order valence-corrected chi connectivity index (χ1v) is 18.6. The molecule has 0 spiro atoms. The minimum Gasteiger partial charge on any atom is -0.444 e. The molecule has 0 radical (unpaired) electrons. The number of carbonyl (C=O) groups is 1. The number of piperazine rings is 1. The fraction of sp³-hybridized carbons (Fsp3) is 0.500. The van der Waals surface area contributed by atoms with Gasteiger partial charge in [0.2, 0.25) is 5.82 Å². The van der Waals surface area contributed by atoms with Crippen molar-refractivity contribution in [3.63, 3.8) is 0 Å². The van der Waals surface area contributed by atoms with Crippen molar-refractivity contribution in [2.45, 2.75) is 82.5 Å². The van der Waals surface area contributed by atoms with Crippen molar-refractivity contribution in [3.8, 4) is 11.1 Å². The lowest BCUT2D eigenvalue weighted by molar-refractivity contribution is -0.148. The highest BCUT2D eigenvalue weighted by atomic mass is 35.5. The number of fused-ring (bicyclic) bond motifs is 1. The fourth-order valence-corrected chi connectivity index (χ4v) is 9.09. The highest BCUT2D eigenvalue weighted by Crippen LogP contribution is 2.49. The molecule has 0 saturated carbocycles. The minimum atomic E-state index is -4.64. The fourth-order valence-electron chi connectivity index (χ4n) is 7.25. The molecule has 3 atom stereocenters. The highest BCUT2D eigenvalue weighted by Gasteiger charge is 2.41. The zero-order chi connectivity index (χ0) is 38.3. The van der Waals surface area contributed by atoms with Crippen molar-refractivity contribution in [2.24, 2.45) is 0 Å². The van der Waals surface area contributed by atoms with Crippen LogP contribution in [0.4, 0.5) is 32.6 Å². The second-order valence-electron chi connectivity index (χ2n) is 14.6. The molecule has 2 aromatic carbocycles. The number of nitrogens with zero attached hydrogens (tertiary/aromatic N) is 8. The number of hydrogen-bond donors (Lipinski definition) is 0. The number of thioether (sulfide) groups is 1. The van der Waals surface area contributed by atoms with Crippen LogP contribution < -0.4 is 10.6 Å². The van der Waals surface area contributed by atoms with Crippen LogP contribution in [0.25, 0.3) is 22.0 Å². The molecule has 53 heavy (non-hydrogen) atoms. The number of alkyl halides is 3. The molecule has 1 saturated heterocycles. The van der Waals surface area contributed by atoms with Crippen LogP contribution >= 0.6 is 35.0 Å². The first-order valence-electron chi connectivity index (χ1n) is 16.9. The summed E-state index contributed by atoms with van der Waals surface area (Å²) in [5.41, 5.74) is -0.689. The third-order valence-corrected chi connectivity index (χ3v) is 11.4. The maximum atomic E-state index is 15.5. The molecule has 0 N–H and O–H groups in total. The Labute approximate surface area is 315 Å². The van der Waals surface area contributed by atoms with E-state index in [4.69, 9.17) is 27.9 Å². The van der Waals surface area contributed by atoms with E-state index < -0.39 is 47.1 Å². The molecule has 2 unspecified atom stereocenters. The molecule has 2 aromatic heterocycles. The Balaban J connectivity index is 1.32. The highest BCUT2D eigenvalue weighted by molar-refractivity contribution is 7.99. The van der Waals surface area contributed by atoms with Gasteiger partial charge in [-0.1, -0.05) is 23.2 Å². The Morgan fingerprint density at radius 1 is 1.00 bits per heavy atom. The summed E-state index contributed by atoms with van der Waals surface area (Å²) in [4.78, 5) is 37.9. The number of anilines is 1. The van der Waals surface area contributed by atoms with E-state index in [1.807, 2.05) is 23.6 Å². The number of ether oxygens (including phenoxy) is 1. The lowest BCUT2D eigenvalue weighted by Gasteiger charge is -2.45. The molecule has 284 valence electrons. The Morgan fingerprint density at radius 2 is 1.74 bits per heavy atom. The maximum absolute atomic E-state index is 15.5. The predicted octanol–water partition coefficient (Wildman–Crippen LogP) is 7.26. The van der Waals surface area contributed by atoms with Gasteiger partial charge in [-0.15, -0.1) is 22.0 Å². The van der Waals surface area contributed by atoms with Gasteiger partial charge in [-0.3, -0.25) is 9.47 Å². The van der Waals surface area contributed by atoms with Crippen molar-refractivity contribution < 1.29 is 31.5 Å². The maximum Gasteiger partial charge on any atom is 0.451 e. The van der Waals surface area contributed by atoms with Gasteiger partial charge in [-0.25, -0.2) is 18.4 Å². The van der Waals surface area contributed by atoms with Crippen LogP contribution in [0.15, 0.2) is 27.9 Å². The summed E-state index contributed by atoms with van der Waals surface area (Å²) in [6.07, 6.45) is -5.10. The number of aromatic nitrogens is 5. The molecule has 0 aliphatic carbocycles.